The third kappa shape index (κ3) is 4.47. The molecule has 0 bridgehead atoms. The summed E-state index contributed by atoms with van der Waals surface area (Å²) in [6, 6.07) is 3.21. The number of rotatable bonds is 3. The van der Waals surface area contributed by atoms with Crippen LogP contribution in [0.3, 0.4) is 0 Å². The van der Waals surface area contributed by atoms with Gasteiger partial charge in [-0.05, 0) is 46.2 Å². The highest BCUT2D eigenvalue weighted by Crippen LogP contribution is 2.38. The summed E-state index contributed by atoms with van der Waals surface area (Å²) in [5.41, 5.74) is -3.44. The van der Waals surface area contributed by atoms with Gasteiger partial charge in [0.25, 0.3) is 11.5 Å². The normalized spacial score (nSPS) is 18.8. The molecule has 1 aliphatic rings. The molecule has 0 radical (unpaired) electrons. The van der Waals surface area contributed by atoms with Crippen LogP contribution in [0.1, 0.15) is 43.2 Å². The molecule has 0 saturated carbocycles. The minimum Gasteiger partial charge on any atom is -0.444 e. The molecule has 188 valence electrons. The predicted molar refractivity (Wildman–Crippen MR) is 116 cm³/mol. The monoisotopic (exact) mass is 495 g/mol. The largest absolute Gasteiger partial charge is 0.444 e. The van der Waals surface area contributed by atoms with Crippen molar-refractivity contribution in [2.24, 2.45) is 0 Å². The molecule has 1 atom stereocenters. The number of nitrogens with one attached hydrogen (secondary N) is 2. The minimum atomic E-state index is -4.83. The molecule has 0 aliphatic carbocycles. The molecule has 35 heavy (non-hydrogen) atoms. The molecule has 0 aromatic carbocycles. The molecule has 4 rings (SSSR count). The smallest absolute Gasteiger partial charge is 0.413 e. The Kier molecular flexibility index (Phi) is 5.64. The first kappa shape index (κ1) is 24.3. The SMILES string of the molecule is Cc1c(C(=O)N2CCC(NC(=O)OC(C)(C)C)(C(F)(F)F)C2)cnn1-c1nn2cccc2c(=O)[nH]1. The predicted octanol–water partition coefficient (Wildman–Crippen LogP) is 2.19. The van der Waals surface area contributed by atoms with Crippen molar-refractivity contribution < 1.29 is 27.5 Å². The summed E-state index contributed by atoms with van der Waals surface area (Å²) in [5, 5.41) is 10.3. The maximum atomic E-state index is 14.0. The molecule has 14 heteroatoms. The van der Waals surface area contributed by atoms with Gasteiger partial charge >= 0.3 is 12.3 Å². The van der Waals surface area contributed by atoms with Crippen molar-refractivity contribution in [1.82, 2.24) is 34.6 Å². The van der Waals surface area contributed by atoms with Crippen molar-refractivity contribution >= 4 is 17.5 Å². The third-order valence-corrected chi connectivity index (χ3v) is 5.67. The van der Waals surface area contributed by atoms with Crippen LogP contribution in [0.5, 0.6) is 0 Å². The molecule has 2 N–H and O–H groups in total. The number of halogens is 3. The number of aromatic nitrogens is 5. The second-order valence-electron chi connectivity index (χ2n) is 9.35. The lowest BCUT2D eigenvalue weighted by Gasteiger charge is -2.33. The highest BCUT2D eigenvalue weighted by atomic mass is 19.4. The number of likely N-dealkylation sites (tertiary alicyclic amines) is 1. The Morgan fingerprint density at radius 3 is 2.63 bits per heavy atom. The van der Waals surface area contributed by atoms with Crippen LogP contribution in [0, 0.1) is 6.92 Å². The van der Waals surface area contributed by atoms with Gasteiger partial charge in [0.1, 0.15) is 11.1 Å². The summed E-state index contributed by atoms with van der Waals surface area (Å²) in [4.78, 5) is 41.1. The van der Waals surface area contributed by atoms with Crippen molar-refractivity contribution in [1.29, 1.82) is 0 Å². The standard InChI is InChI=1S/C21H24F3N7O4/c1-12-13(10-25-31(12)17-26-15(32)14-6-5-8-30(14)28-17)16(33)29-9-7-20(11-29,21(22,23)24)27-18(34)35-19(2,3)4/h5-6,8,10H,7,9,11H2,1-4H3,(H,27,34)(H,26,28,32). The zero-order chi connectivity index (χ0) is 25.8. The Labute approximate surface area is 196 Å². The number of H-pyrrole nitrogens is 1. The Morgan fingerprint density at radius 2 is 1.97 bits per heavy atom. The number of nitrogens with zero attached hydrogens (tertiary/aromatic N) is 5. The van der Waals surface area contributed by atoms with E-state index in [9.17, 15) is 27.6 Å². The number of hydrogen-bond acceptors (Lipinski definition) is 6. The number of ether oxygens (including phenoxy) is 1. The quantitative estimate of drug-likeness (QED) is 0.574. The molecule has 11 nitrogen and oxygen atoms in total. The molecular formula is C21H24F3N7O4. The highest BCUT2D eigenvalue weighted by Gasteiger charge is 2.60. The summed E-state index contributed by atoms with van der Waals surface area (Å²) in [6.07, 6.45) is -3.81. The molecule has 1 fully saturated rings. The summed E-state index contributed by atoms with van der Waals surface area (Å²) in [7, 11) is 0. The van der Waals surface area contributed by atoms with E-state index >= 15 is 0 Å². The minimum absolute atomic E-state index is 0.0351. The second-order valence-corrected chi connectivity index (χ2v) is 9.35. The van der Waals surface area contributed by atoms with Gasteiger partial charge in [-0.15, -0.1) is 5.10 Å². The van der Waals surface area contributed by atoms with Crippen LogP contribution in [-0.2, 0) is 4.74 Å². The number of hydrogen-bond donors (Lipinski definition) is 2. The van der Waals surface area contributed by atoms with E-state index in [1.165, 1.54) is 43.1 Å². The van der Waals surface area contributed by atoms with Crippen LogP contribution >= 0.6 is 0 Å². The zero-order valence-corrected chi connectivity index (χ0v) is 19.4. The van der Waals surface area contributed by atoms with E-state index in [1.54, 1.807) is 18.3 Å². The van der Waals surface area contributed by atoms with Crippen molar-refractivity contribution in [3.63, 3.8) is 0 Å². The van der Waals surface area contributed by atoms with Crippen molar-refractivity contribution in [2.75, 3.05) is 13.1 Å². The number of alkyl carbamates (subject to hydrolysis) is 1. The van der Waals surface area contributed by atoms with Gasteiger partial charge in [-0.3, -0.25) is 14.6 Å². The molecule has 2 amide bonds. The van der Waals surface area contributed by atoms with Gasteiger partial charge in [-0.1, -0.05) is 0 Å². The molecule has 3 aromatic heterocycles. The number of aromatic amines is 1. The number of carbonyl (C=O) groups excluding carboxylic acids is 2. The lowest BCUT2D eigenvalue weighted by Crippen LogP contribution is -2.61. The van der Waals surface area contributed by atoms with Crippen molar-refractivity contribution in [3.8, 4) is 5.95 Å². The molecule has 4 heterocycles. The van der Waals surface area contributed by atoms with Crippen molar-refractivity contribution in [2.45, 2.75) is 51.4 Å². The van der Waals surface area contributed by atoms with E-state index in [0.29, 0.717) is 5.52 Å². The maximum Gasteiger partial charge on any atom is 0.413 e. The average molecular weight is 495 g/mol. The van der Waals surface area contributed by atoms with Gasteiger partial charge in [0, 0.05) is 12.7 Å². The summed E-state index contributed by atoms with van der Waals surface area (Å²) < 4.78 is 49.6. The number of carbonyl (C=O) groups is 2. The van der Waals surface area contributed by atoms with Gasteiger partial charge in [0.05, 0.1) is 24.0 Å². The Balaban J connectivity index is 1.59. The van der Waals surface area contributed by atoms with E-state index < -0.39 is 47.8 Å². The molecule has 1 saturated heterocycles. The van der Waals surface area contributed by atoms with Gasteiger partial charge in [0.15, 0.2) is 5.54 Å². The number of alkyl halides is 3. The Morgan fingerprint density at radius 1 is 1.26 bits per heavy atom. The Hall–Kier alpha value is -3.84. The summed E-state index contributed by atoms with van der Waals surface area (Å²) >= 11 is 0. The first-order chi connectivity index (χ1) is 16.2. The summed E-state index contributed by atoms with van der Waals surface area (Å²) in [5.74, 6) is -0.664. The fraction of sp³-hybridized carbons (Fsp3) is 0.476. The fourth-order valence-electron chi connectivity index (χ4n) is 3.92. The van der Waals surface area contributed by atoms with Crippen molar-refractivity contribution in [3.05, 3.63) is 46.1 Å². The lowest BCUT2D eigenvalue weighted by molar-refractivity contribution is -0.190. The van der Waals surface area contributed by atoms with E-state index in [0.717, 1.165) is 4.90 Å². The molecule has 0 spiro atoms. The Bertz CT molecular complexity index is 1350. The topological polar surface area (TPSA) is 127 Å². The molecule has 3 aromatic rings. The first-order valence-corrected chi connectivity index (χ1v) is 10.7. The average Bonchev–Trinajstić information content (AvgIpc) is 3.44. The van der Waals surface area contributed by atoms with E-state index in [-0.39, 0.29) is 23.8 Å². The van der Waals surface area contributed by atoms with Gasteiger partial charge in [-0.25, -0.2) is 14.0 Å². The van der Waals surface area contributed by atoms with Gasteiger partial charge < -0.3 is 15.0 Å². The van der Waals surface area contributed by atoms with Crippen LogP contribution in [0.25, 0.3) is 11.5 Å². The van der Waals surface area contributed by atoms with E-state index in [2.05, 4.69) is 15.2 Å². The lowest BCUT2D eigenvalue weighted by atomic mass is 9.98. The molecule has 1 unspecified atom stereocenters. The zero-order valence-electron chi connectivity index (χ0n) is 19.4. The van der Waals surface area contributed by atoms with E-state index in [4.69, 9.17) is 4.74 Å². The molecule has 1 aliphatic heterocycles. The van der Waals surface area contributed by atoms with Crippen LogP contribution in [0.4, 0.5) is 18.0 Å². The third-order valence-electron chi connectivity index (χ3n) is 5.67. The fourth-order valence-corrected chi connectivity index (χ4v) is 3.92. The second kappa shape index (κ2) is 8.13. The maximum absolute atomic E-state index is 14.0. The first-order valence-electron chi connectivity index (χ1n) is 10.7. The van der Waals surface area contributed by atoms with Crippen LogP contribution in [0.15, 0.2) is 29.3 Å². The van der Waals surface area contributed by atoms with Gasteiger partial charge in [0.2, 0.25) is 5.95 Å². The van der Waals surface area contributed by atoms with Crippen LogP contribution in [-0.4, -0.2) is 71.7 Å². The summed E-state index contributed by atoms with van der Waals surface area (Å²) in [6.45, 7) is 5.11. The van der Waals surface area contributed by atoms with E-state index in [1.807, 2.05) is 5.32 Å². The highest BCUT2D eigenvalue weighted by molar-refractivity contribution is 5.95. The number of fused-ring (bicyclic) bond motifs is 1. The van der Waals surface area contributed by atoms with Gasteiger partial charge in [-0.2, -0.15) is 18.3 Å². The molecular weight excluding hydrogens is 471 g/mol. The number of amides is 2. The van der Waals surface area contributed by atoms with Crippen LogP contribution in [0.2, 0.25) is 0 Å². The van der Waals surface area contributed by atoms with Crippen LogP contribution < -0.4 is 10.9 Å².